The molecule has 0 amide bonds. The van der Waals surface area contributed by atoms with Crippen molar-refractivity contribution in [1.29, 1.82) is 0 Å². The topological polar surface area (TPSA) is 50.7 Å². The van der Waals surface area contributed by atoms with Crippen LogP contribution in [0, 0.1) is 6.92 Å². The minimum Gasteiger partial charge on any atom is -0.354 e. The molecule has 2 aromatic rings. The first-order valence-corrected chi connectivity index (χ1v) is 6.89. The first-order valence-electron chi connectivity index (χ1n) is 5.30. The smallest absolute Gasteiger partial charge is 0.202 e. The van der Waals surface area contributed by atoms with Crippen molar-refractivity contribution in [2.24, 2.45) is 0 Å². The molecule has 0 saturated heterocycles. The fourth-order valence-electron chi connectivity index (χ4n) is 1.45. The monoisotopic (exact) mass is 252 g/mol. The number of aromatic nitrogens is 3. The lowest BCUT2D eigenvalue weighted by molar-refractivity contribution is 0.978. The molecule has 1 aliphatic carbocycles. The highest BCUT2D eigenvalue weighted by Gasteiger charge is 2.27. The second-order valence-corrected chi connectivity index (χ2v) is 6.02. The van der Waals surface area contributed by atoms with Gasteiger partial charge in [0.15, 0.2) is 0 Å². The molecule has 1 fully saturated rings. The van der Waals surface area contributed by atoms with Gasteiger partial charge < -0.3 is 5.32 Å². The van der Waals surface area contributed by atoms with E-state index < -0.39 is 0 Å². The maximum atomic E-state index is 4.47. The van der Waals surface area contributed by atoms with Crippen LogP contribution >= 0.6 is 22.9 Å². The number of rotatable bonds is 4. The van der Waals surface area contributed by atoms with Crippen LogP contribution in [0.1, 0.15) is 34.5 Å². The molecule has 0 unspecified atom stereocenters. The minimum absolute atomic E-state index is 0.633. The van der Waals surface area contributed by atoms with E-state index in [4.69, 9.17) is 0 Å². The molecule has 0 spiro atoms. The summed E-state index contributed by atoms with van der Waals surface area (Å²) in [6, 6.07) is 0. The van der Waals surface area contributed by atoms with Gasteiger partial charge in [0.2, 0.25) is 5.13 Å². The second kappa shape index (κ2) is 4.10. The van der Waals surface area contributed by atoms with E-state index in [0.29, 0.717) is 5.92 Å². The lowest BCUT2D eigenvalue weighted by Gasteiger charge is -1.96. The first-order chi connectivity index (χ1) is 7.81. The van der Waals surface area contributed by atoms with Gasteiger partial charge in [-0.15, -0.1) is 11.3 Å². The summed E-state index contributed by atoms with van der Waals surface area (Å²) in [6.07, 6.45) is 4.40. The zero-order valence-electron chi connectivity index (χ0n) is 8.93. The Morgan fingerprint density at radius 2 is 2.38 bits per heavy atom. The van der Waals surface area contributed by atoms with Crippen molar-refractivity contribution in [3.63, 3.8) is 0 Å². The Morgan fingerprint density at radius 1 is 1.50 bits per heavy atom. The van der Waals surface area contributed by atoms with Crippen LogP contribution in [-0.4, -0.2) is 14.3 Å². The van der Waals surface area contributed by atoms with E-state index in [1.807, 2.05) is 6.20 Å². The molecule has 3 rings (SSSR count). The van der Waals surface area contributed by atoms with Crippen LogP contribution < -0.4 is 5.32 Å². The highest BCUT2D eigenvalue weighted by atomic mass is 32.1. The summed E-state index contributed by atoms with van der Waals surface area (Å²) >= 11 is 3.16. The Labute approximate surface area is 102 Å². The number of nitrogens with zero attached hydrogens (tertiary/aromatic N) is 3. The van der Waals surface area contributed by atoms with Crippen LogP contribution in [0.2, 0.25) is 0 Å². The number of nitrogens with one attached hydrogen (secondary N) is 1. The van der Waals surface area contributed by atoms with Crippen molar-refractivity contribution >= 4 is 28.0 Å². The second-order valence-electron chi connectivity index (χ2n) is 3.95. The lowest BCUT2D eigenvalue weighted by Crippen LogP contribution is -1.98. The molecule has 0 aliphatic heterocycles. The van der Waals surface area contributed by atoms with E-state index >= 15 is 0 Å². The number of hydrogen-bond donors (Lipinski definition) is 1. The van der Waals surface area contributed by atoms with E-state index in [0.717, 1.165) is 22.5 Å². The maximum Gasteiger partial charge on any atom is 0.202 e. The summed E-state index contributed by atoms with van der Waals surface area (Å²) in [6.45, 7) is 2.81. The zero-order chi connectivity index (χ0) is 11.0. The normalized spacial score (nSPS) is 15.3. The molecule has 1 N–H and O–H groups in total. The molecule has 1 aliphatic rings. The summed E-state index contributed by atoms with van der Waals surface area (Å²) < 4.78 is 4.35. The van der Waals surface area contributed by atoms with E-state index in [1.54, 1.807) is 11.3 Å². The standard InChI is InChI=1S/C10H12N4S2/c1-6-4-11-8(15-6)5-12-10-13-9(14-16-10)7-2-3-7/h4,7H,2-3,5H2,1H3,(H,12,13,14). The van der Waals surface area contributed by atoms with E-state index in [9.17, 15) is 0 Å². The van der Waals surface area contributed by atoms with Gasteiger partial charge in [-0.2, -0.15) is 4.37 Å². The Hall–Kier alpha value is -1.01. The highest BCUT2D eigenvalue weighted by Crippen LogP contribution is 2.39. The average molecular weight is 252 g/mol. The van der Waals surface area contributed by atoms with Crippen LogP contribution in [0.3, 0.4) is 0 Å². The molecule has 16 heavy (non-hydrogen) atoms. The van der Waals surface area contributed by atoms with Gasteiger partial charge in [0.1, 0.15) is 10.8 Å². The average Bonchev–Trinajstić information content (AvgIpc) is 2.87. The molecule has 2 aromatic heterocycles. The molecule has 0 atom stereocenters. The number of aryl methyl sites for hydroxylation is 1. The number of thiazole rings is 1. The van der Waals surface area contributed by atoms with Crippen molar-refractivity contribution in [2.75, 3.05) is 5.32 Å². The lowest BCUT2D eigenvalue weighted by atomic mass is 10.4. The van der Waals surface area contributed by atoms with Crippen LogP contribution in [0.15, 0.2) is 6.20 Å². The molecular weight excluding hydrogens is 240 g/mol. The van der Waals surface area contributed by atoms with Gasteiger partial charge in [-0.25, -0.2) is 9.97 Å². The molecule has 1 saturated carbocycles. The number of anilines is 1. The molecular formula is C10H12N4S2. The van der Waals surface area contributed by atoms with E-state index in [1.165, 1.54) is 29.3 Å². The Balaban J connectivity index is 1.61. The molecule has 0 radical (unpaired) electrons. The van der Waals surface area contributed by atoms with Crippen molar-refractivity contribution in [2.45, 2.75) is 32.2 Å². The quantitative estimate of drug-likeness (QED) is 0.909. The van der Waals surface area contributed by atoms with Gasteiger partial charge >= 0.3 is 0 Å². The predicted octanol–water partition coefficient (Wildman–Crippen LogP) is 2.79. The summed E-state index contributed by atoms with van der Waals surface area (Å²) in [7, 11) is 0. The number of hydrogen-bond acceptors (Lipinski definition) is 6. The molecule has 0 bridgehead atoms. The van der Waals surface area contributed by atoms with E-state index in [2.05, 4.69) is 26.6 Å². The predicted molar refractivity (Wildman–Crippen MR) is 66.1 cm³/mol. The molecule has 84 valence electrons. The van der Waals surface area contributed by atoms with Crippen molar-refractivity contribution in [3.8, 4) is 0 Å². The zero-order valence-corrected chi connectivity index (χ0v) is 10.6. The third-order valence-electron chi connectivity index (χ3n) is 2.44. The third-order valence-corrected chi connectivity index (χ3v) is 4.04. The molecule has 6 heteroatoms. The molecule has 2 heterocycles. The summed E-state index contributed by atoms with van der Waals surface area (Å²) in [5.41, 5.74) is 0. The fourth-order valence-corrected chi connectivity index (χ4v) is 2.82. The largest absolute Gasteiger partial charge is 0.354 e. The molecule has 4 nitrogen and oxygen atoms in total. The summed E-state index contributed by atoms with van der Waals surface area (Å²) in [5, 5.41) is 5.28. The Kier molecular flexibility index (Phi) is 2.61. The van der Waals surface area contributed by atoms with E-state index in [-0.39, 0.29) is 0 Å². The highest BCUT2D eigenvalue weighted by molar-refractivity contribution is 7.11. The van der Waals surface area contributed by atoms with Gasteiger partial charge in [-0.05, 0) is 19.8 Å². The van der Waals surface area contributed by atoms with Gasteiger partial charge in [-0.3, -0.25) is 0 Å². The summed E-state index contributed by atoms with van der Waals surface area (Å²) in [4.78, 5) is 10.0. The fraction of sp³-hybridized carbons (Fsp3) is 0.500. The van der Waals surface area contributed by atoms with Crippen LogP contribution in [-0.2, 0) is 6.54 Å². The van der Waals surface area contributed by atoms with Gasteiger partial charge in [0.25, 0.3) is 0 Å². The van der Waals surface area contributed by atoms with Crippen molar-refractivity contribution < 1.29 is 0 Å². The van der Waals surface area contributed by atoms with Crippen LogP contribution in [0.5, 0.6) is 0 Å². The van der Waals surface area contributed by atoms with Gasteiger partial charge in [0, 0.05) is 28.5 Å². The molecule has 0 aromatic carbocycles. The van der Waals surface area contributed by atoms with Gasteiger partial charge in [0.05, 0.1) is 6.54 Å². The summed E-state index contributed by atoms with van der Waals surface area (Å²) in [5.74, 6) is 1.65. The van der Waals surface area contributed by atoms with Gasteiger partial charge in [-0.1, -0.05) is 0 Å². The third kappa shape index (κ3) is 2.22. The van der Waals surface area contributed by atoms with Crippen LogP contribution in [0.4, 0.5) is 5.13 Å². The van der Waals surface area contributed by atoms with Crippen molar-refractivity contribution in [3.05, 3.63) is 21.9 Å². The maximum absolute atomic E-state index is 4.47. The Morgan fingerprint density at radius 3 is 3.06 bits per heavy atom. The van der Waals surface area contributed by atoms with Crippen molar-refractivity contribution in [1.82, 2.24) is 14.3 Å². The minimum atomic E-state index is 0.633. The first kappa shape index (κ1) is 10.2. The SMILES string of the molecule is Cc1cnc(CNc2nc(C3CC3)ns2)s1. The van der Waals surface area contributed by atoms with Crippen LogP contribution in [0.25, 0.3) is 0 Å². The Bertz CT molecular complexity index is 486.